The van der Waals surface area contributed by atoms with Gasteiger partial charge in [0.2, 0.25) is 6.08 Å². The lowest BCUT2D eigenvalue weighted by Gasteiger charge is -1.99. The van der Waals surface area contributed by atoms with Gasteiger partial charge in [0.1, 0.15) is 0 Å². The van der Waals surface area contributed by atoms with Crippen molar-refractivity contribution < 1.29 is 4.79 Å². The Morgan fingerprint density at radius 1 is 1.21 bits per heavy atom. The van der Waals surface area contributed by atoms with Crippen LogP contribution < -0.4 is 0 Å². The summed E-state index contributed by atoms with van der Waals surface area (Å²) in [6.45, 7) is 0.605. The summed E-state index contributed by atoms with van der Waals surface area (Å²) in [5, 5.41) is 0. The van der Waals surface area contributed by atoms with Crippen LogP contribution in [0.3, 0.4) is 0 Å². The summed E-state index contributed by atoms with van der Waals surface area (Å²) in [7, 11) is 0. The van der Waals surface area contributed by atoms with E-state index in [4.69, 9.17) is 0 Å². The minimum Gasteiger partial charge on any atom is -0.211 e. The Balaban J connectivity index is 2.24. The Labute approximate surface area is 97.6 Å². The molecule has 1 rings (SSSR count). The third-order valence-corrected chi connectivity index (χ3v) is 2.68. The van der Waals surface area contributed by atoms with Crippen molar-refractivity contribution in [3.63, 3.8) is 0 Å². The zero-order valence-electron chi connectivity index (χ0n) is 7.87. The minimum absolute atomic E-state index is 0.605. The maximum absolute atomic E-state index is 9.78. The third kappa shape index (κ3) is 4.53. The maximum Gasteiger partial charge on any atom is 0.234 e. The van der Waals surface area contributed by atoms with Crippen LogP contribution in [0, 0.1) is 3.57 Å². The number of rotatable bonds is 5. The lowest BCUT2D eigenvalue weighted by Crippen LogP contribution is -1.87. The first-order valence-electron chi connectivity index (χ1n) is 4.61. The average molecular weight is 301 g/mol. The van der Waals surface area contributed by atoms with E-state index in [-0.39, 0.29) is 0 Å². The third-order valence-electron chi connectivity index (χ3n) is 1.96. The van der Waals surface area contributed by atoms with Gasteiger partial charge in [-0.3, -0.25) is 0 Å². The molecule has 74 valence electrons. The highest BCUT2D eigenvalue weighted by Crippen LogP contribution is 2.09. The molecule has 1 aromatic carbocycles. The molecule has 0 spiro atoms. The van der Waals surface area contributed by atoms with Crippen LogP contribution >= 0.6 is 22.6 Å². The molecular formula is C11H12INO. The van der Waals surface area contributed by atoms with Gasteiger partial charge in [-0.1, -0.05) is 12.1 Å². The highest BCUT2D eigenvalue weighted by molar-refractivity contribution is 14.1. The Kier molecular flexibility index (Phi) is 5.49. The molecule has 0 aromatic heterocycles. The second kappa shape index (κ2) is 6.74. The van der Waals surface area contributed by atoms with Crippen molar-refractivity contribution in [3.05, 3.63) is 33.4 Å². The van der Waals surface area contributed by atoms with E-state index >= 15 is 0 Å². The van der Waals surface area contributed by atoms with Crippen molar-refractivity contribution in [1.82, 2.24) is 0 Å². The summed E-state index contributed by atoms with van der Waals surface area (Å²) < 4.78 is 1.26. The fourth-order valence-electron chi connectivity index (χ4n) is 1.22. The van der Waals surface area contributed by atoms with Gasteiger partial charge in [-0.2, -0.15) is 0 Å². The number of hydrogen-bond donors (Lipinski definition) is 0. The number of benzene rings is 1. The van der Waals surface area contributed by atoms with Crippen LogP contribution in [0.5, 0.6) is 0 Å². The van der Waals surface area contributed by atoms with Crippen LogP contribution in [0.2, 0.25) is 0 Å². The number of halogens is 1. The second-order valence-electron chi connectivity index (χ2n) is 3.06. The van der Waals surface area contributed by atoms with E-state index < -0.39 is 0 Å². The summed E-state index contributed by atoms with van der Waals surface area (Å²) in [6.07, 6.45) is 4.64. The molecule has 0 aliphatic heterocycles. The normalized spacial score (nSPS) is 9.50. The largest absolute Gasteiger partial charge is 0.234 e. The van der Waals surface area contributed by atoms with Crippen LogP contribution in [-0.4, -0.2) is 12.6 Å². The minimum atomic E-state index is 0.605. The highest BCUT2D eigenvalue weighted by Gasteiger charge is 1.93. The number of unbranched alkanes of at least 4 members (excludes halogenated alkanes) is 1. The van der Waals surface area contributed by atoms with E-state index in [1.54, 1.807) is 6.08 Å². The van der Waals surface area contributed by atoms with Gasteiger partial charge in [0.25, 0.3) is 0 Å². The molecule has 1 aromatic rings. The Bertz CT molecular complexity index is 315. The molecule has 0 aliphatic carbocycles. The molecule has 0 bridgehead atoms. The Hall–Kier alpha value is -0.670. The van der Waals surface area contributed by atoms with E-state index in [0.717, 1.165) is 19.3 Å². The number of hydrogen-bond acceptors (Lipinski definition) is 2. The van der Waals surface area contributed by atoms with E-state index in [2.05, 4.69) is 51.8 Å². The summed E-state index contributed by atoms with van der Waals surface area (Å²) in [5.41, 5.74) is 1.35. The van der Waals surface area contributed by atoms with Gasteiger partial charge in [0.15, 0.2) is 0 Å². The molecule has 0 heterocycles. The quantitative estimate of drug-likeness (QED) is 0.356. The first-order valence-corrected chi connectivity index (χ1v) is 5.69. The van der Waals surface area contributed by atoms with Gasteiger partial charge in [0, 0.05) is 3.57 Å². The first kappa shape index (κ1) is 11.4. The molecule has 2 nitrogen and oxygen atoms in total. The molecule has 0 unspecified atom stereocenters. The molecular weight excluding hydrogens is 289 g/mol. The number of aliphatic imine (C=N–C) groups is 1. The predicted molar refractivity (Wildman–Crippen MR) is 65.1 cm³/mol. The smallest absolute Gasteiger partial charge is 0.211 e. The van der Waals surface area contributed by atoms with Gasteiger partial charge in [-0.15, -0.1) is 0 Å². The number of isocyanates is 1. The molecule has 0 fully saturated rings. The first-order chi connectivity index (χ1) is 6.83. The Morgan fingerprint density at radius 3 is 2.57 bits per heavy atom. The fraction of sp³-hybridized carbons (Fsp3) is 0.364. The molecule has 0 N–H and O–H groups in total. The van der Waals surface area contributed by atoms with Gasteiger partial charge in [-0.05, 0) is 59.5 Å². The van der Waals surface area contributed by atoms with Crippen molar-refractivity contribution in [2.45, 2.75) is 19.3 Å². The molecule has 0 saturated heterocycles. The van der Waals surface area contributed by atoms with Gasteiger partial charge < -0.3 is 0 Å². The Morgan fingerprint density at radius 2 is 1.93 bits per heavy atom. The summed E-state index contributed by atoms with van der Waals surface area (Å²) >= 11 is 2.29. The number of carbonyl (C=O) groups excluding carboxylic acids is 1. The average Bonchev–Trinajstić information content (AvgIpc) is 2.21. The second-order valence-corrected chi connectivity index (χ2v) is 4.30. The topological polar surface area (TPSA) is 29.4 Å². The van der Waals surface area contributed by atoms with Crippen LogP contribution in [-0.2, 0) is 11.2 Å². The van der Waals surface area contributed by atoms with E-state index in [1.165, 1.54) is 9.13 Å². The molecule has 0 amide bonds. The highest BCUT2D eigenvalue weighted by atomic mass is 127. The molecule has 0 radical (unpaired) electrons. The maximum atomic E-state index is 9.78. The summed E-state index contributed by atoms with van der Waals surface area (Å²) in [5.74, 6) is 0. The van der Waals surface area contributed by atoms with Crippen LogP contribution in [0.25, 0.3) is 0 Å². The van der Waals surface area contributed by atoms with Crippen molar-refractivity contribution in [2.24, 2.45) is 4.99 Å². The van der Waals surface area contributed by atoms with Crippen LogP contribution in [0.4, 0.5) is 0 Å². The van der Waals surface area contributed by atoms with Crippen molar-refractivity contribution in [1.29, 1.82) is 0 Å². The molecule has 0 atom stereocenters. The molecule has 0 aliphatic rings. The van der Waals surface area contributed by atoms with Crippen molar-refractivity contribution in [2.75, 3.05) is 6.54 Å². The van der Waals surface area contributed by atoms with Gasteiger partial charge in [0.05, 0.1) is 6.54 Å². The van der Waals surface area contributed by atoms with Crippen molar-refractivity contribution in [3.8, 4) is 0 Å². The molecule has 14 heavy (non-hydrogen) atoms. The van der Waals surface area contributed by atoms with Gasteiger partial charge >= 0.3 is 0 Å². The van der Waals surface area contributed by atoms with E-state index in [0.29, 0.717) is 6.54 Å². The van der Waals surface area contributed by atoms with Crippen LogP contribution in [0.1, 0.15) is 18.4 Å². The zero-order valence-corrected chi connectivity index (χ0v) is 10.0. The molecule has 3 heteroatoms. The number of nitrogens with zero attached hydrogens (tertiary/aromatic N) is 1. The zero-order chi connectivity index (χ0) is 10.2. The van der Waals surface area contributed by atoms with E-state index in [9.17, 15) is 4.79 Å². The summed E-state index contributed by atoms with van der Waals surface area (Å²) in [4.78, 5) is 13.3. The lowest BCUT2D eigenvalue weighted by atomic mass is 10.1. The van der Waals surface area contributed by atoms with E-state index in [1.807, 2.05) is 0 Å². The number of aryl methyl sites for hydroxylation is 1. The monoisotopic (exact) mass is 301 g/mol. The van der Waals surface area contributed by atoms with Gasteiger partial charge in [-0.25, -0.2) is 9.79 Å². The molecule has 0 saturated carbocycles. The summed E-state index contributed by atoms with van der Waals surface area (Å²) in [6, 6.07) is 8.51. The SMILES string of the molecule is O=C=NCCCCc1ccc(I)cc1. The van der Waals surface area contributed by atoms with Crippen molar-refractivity contribution >= 4 is 28.7 Å². The lowest BCUT2D eigenvalue weighted by molar-refractivity contribution is 0.562. The van der Waals surface area contributed by atoms with Crippen LogP contribution in [0.15, 0.2) is 29.3 Å². The predicted octanol–water partition coefficient (Wildman–Crippen LogP) is 2.95. The fourth-order valence-corrected chi connectivity index (χ4v) is 1.58. The standard InChI is InChI=1S/C11H12INO/c12-11-6-4-10(5-7-11)3-1-2-8-13-9-14/h4-7H,1-3,8H2.